The Hall–Kier alpha value is -1.36. The molecule has 1 fully saturated rings. The molecule has 0 aliphatic heterocycles. The summed E-state index contributed by atoms with van der Waals surface area (Å²) < 4.78 is 1.67. The van der Waals surface area contributed by atoms with Gasteiger partial charge < -0.3 is 10.2 Å². The normalized spacial score (nSPS) is 22.8. The van der Waals surface area contributed by atoms with Gasteiger partial charge in [-0.05, 0) is 38.6 Å². The van der Waals surface area contributed by atoms with Crippen LogP contribution in [0.4, 0.5) is 0 Å². The molecule has 1 aliphatic rings. The largest absolute Gasteiger partial charge is 0.339 e. The first-order valence-corrected chi connectivity index (χ1v) is 7.61. The zero-order valence-electron chi connectivity index (χ0n) is 12.8. The van der Waals surface area contributed by atoms with Crippen LogP contribution in [-0.4, -0.2) is 46.3 Å². The molecule has 1 amide bonds. The minimum absolute atomic E-state index is 0.0862. The van der Waals surface area contributed by atoms with Gasteiger partial charge in [0.1, 0.15) is 0 Å². The SMILES string of the molecule is CCCNC1CCC(N(C)C(=O)c2cnn(C)c2)CC1. The van der Waals surface area contributed by atoms with Crippen molar-refractivity contribution in [2.24, 2.45) is 7.05 Å². The van der Waals surface area contributed by atoms with Crippen LogP contribution in [0.5, 0.6) is 0 Å². The molecule has 0 spiro atoms. The Bertz CT molecular complexity index is 435. The fourth-order valence-corrected chi connectivity index (χ4v) is 2.92. The standard InChI is InChI=1S/C15H26N4O/c1-4-9-16-13-5-7-14(8-6-13)19(3)15(20)12-10-17-18(2)11-12/h10-11,13-14,16H,4-9H2,1-3H3. The number of aryl methyl sites for hydroxylation is 1. The van der Waals surface area contributed by atoms with Crippen LogP contribution in [0.3, 0.4) is 0 Å². The number of carbonyl (C=O) groups excluding carboxylic acids is 1. The summed E-state index contributed by atoms with van der Waals surface area (Å²) in [4.78, 5) is 14.3. The van der Waals surface area contributed by atoms with Gasteiger partial charge in [0.2, 0.25) is 0 Å². The molecule has 1 N–H and O–H groups in total. The van der Waals surface area contributed by atoms with Crippen LogP contribution < -0.4 is 5.32 Å². The van der Waals surface area contributed by atoms with Gasteiger partial charge in [0.05, 0.1) is 11.8 Å². The van der Waals surface area contributed by atoms with E-state index < -0.39 is 0 Å². The summed E-state index contributed by atoms with van der Waals surface area (Å²) in [5.41, 5.74) is 0.682. The topological polar surface area (TPSA) is 50.2 Å². The monoisotopic (exact) mass is 278 g/mol. The van der Waals surface area contributed by atoms with Crippen molar-refractivity contribution in [3.05, 3.63) is 18.0 Å². The van der Waals surface area contributed by atoms with Crippen LogP contribution in [0.15, 0.2) is 12.4 Å². The fourth-order valence-electron chi connectivity index (χ4n) is 2.92. The molecule has 0 aromatic carbocycles. The van der Waals surface area contributed by atoms with Gasteiger partial charge in [0.15, 0.2) is 0 Å². The number of hydrogen-bond donors (Lipinski definition) is 1. The third kappa shape index (κ3) is 3.60. The molecule has 2 rings (SSSR count). The van der Waals surface area contributed by atoms with Crippen molar-refractivity contribution in [3.8, 4) is 0 Å². The van der Waals surface area contributed by atoms with E-state index in [0.29, 0.717) is 17.6 Å². The lowest BCUT2D eigenvalue weighted by molar-refractivity contribution is 0.0684. The molecule has 1 aliphatic carbocycles. The van der Waals surface area contributed by atoms with Crippen LogP contribution in [-0.2, 0) is 7.05 Å². The number of hydrogen-bond acceptors (Lipinski definition) is 3. The van der Waals surface area contributed by atoms with E-state index >= 15 is 0 Å². The van der Waals surface area contributed by atoms with Crippen LogP contribution in [0.25, 0.3) is 0 Å². The molecule has 0 atom stereocenters. The second-order valence-corrected chi connectivity index (χ2v) is 5.78. The summed E-state index contributed by atoms with van der Waals surface area (Å²) in [6.07, 6.45) is 9.11. The smallest absolute Gasteiger partial charge is 0.257 e. The average Bonchev–Trinajstić information content (AvgIpc) is 2.90. The van der Waals surface area contributed by atoms with Gasteiger partial charge in [-0.1, -0.05) is 6.92 Å². The van der Waals surface area contributed by atoms with Gasteiger partial charge in [-0.2, -0.15) is 5.10 Å². The van der Waals surface area contributed by atoms with Crippen molar-refractivity contribution in [1.29, 1.82) is 0 Å². The highest BCUT2D eigenvalue weighted by Crippen LogP contribution is 2.23. The third-order valence-electron chi connectivity index (χ3n) is 4.20. The highest BCUT2D eigenvalue weighted by molar-refractivity contribution is 5.93. The van der Waals surface area contributed by atoms with Crippen molar-refractivity contribution in [3.63, 3.8) is 0 Å². The Kier molecular flexibility index (Phi) is 5.17. The lowest BCUT2D eigenvalue weighted by Gasteiger charge is -2.35. The number of aromatic nitrogens is 2. The molecule has 1 heterocycles. The fraction of sp³-hybridized carbons (Fsp3) is 0.733. The molecular formula is C15H26N4O. The maximum atomic E-state index is 12.4. The van der Waals surface area contributed by atoms with E-state index in [2.05, 4.69) is 17.3 Å². The summed E-state index contributed by atoms with van der Waals surface area (Å²) in [5.74, 6) is 0.0862. The van der Waals surface area contributed by atoms with Crippen LogP contribution >= 0.6 is 0 Å². The highest BCUT2D eigenvalue weighted by atomic mass is 16.2. The van der Waals surface area contributed by atoms with Crippen molar-refractivity contribution >= 4 is 5.91 Å². The Morgan fingerprint density at radius 1 is 1.45 bits per heavy atom. The zero-order valence-corrected chi connectivity index (χ0v) is 12.8. The van der Waals surface area contributed by atoms with Gasteiger partial charge in [-0.15, -0.1) is 0 Å². The van der Waals surface area contributed by atoms with Crippen LogP contribution in [0.2, 0.25) is 0 Å². The van der Waals surface area contributed by atoms with E-state index in [1.54, 1.807) is 17.1 Å². The van der Waals surface area contributed by atoms with E-state index in [-0.39, 0.29) is 5.91 Å². The molecule has 5 nitrogen and oxygen atoms in total. The molecule has 1 saturated carbocycles. The van der Waals surface area contributed by atoms with Gasteiger partial charge in [0, 0.05) is 32.4 Å². The molecule has 112 valence electrons. The second kappa shape index (κ2) is 6.88. The minimum Gasteiger partial charge on any atom is -0.339 e. The minimum atomic E-state index is 0.0862. The van der Waals surface area contributed by atoms with Crippen LogP contribution in [0.1, 0.15) is 49.4 Å². The molecule has 1 aromatic heterocycles. The summed E-state index contributed by atoms with van der Waals surface area (Å²) >= 11 is 0. The van der Waals surface area contributed by atoms with Gasteiger partial charge >= 0.3 is 0 Å². The molecule has 0 radical (unpaired) electrons. The first-order chi connectivity index (χ1) is 9.61. The number of nitrogens with one attached hydrogen (secondary N) is 1. The molecule has 5 heteroatoms. The number of rotatable bonds is 5. The van der Waals surface area contributed by atoms with Gasteiger partial charge in [0.25, 0.3) is 5.91 Å². The lowest BCUT2D eigenvalue weighted by atomic mass is 9.90. The molecule has 0 unspecified atom stereocenters. The van der Waals surface area contributed by atoms with E-state index in [4.69, 9.17) is 0 Å². The quantitative estimate of drug-likeness (QED) is 0.893. The van der Waals surface area contributed by atoms with E-state index in [0.717, 1.165) is 32.2 Å². The van der Waals surface area contributed by atoms with E-state index in [1.165, 1.54) is 6.42 Å². The highest BCUT2D eigenvalue weighted by Gasteiger charge is 2.27. The molecular weight excluding hydrogens is 252 g/mol. The Balaban J connectivity index is 1.85. The first-order valence-electron chi connectivity index (χ1n) is 7.61. The average molecular weight is 278 g/mol. The zero-order chi connectivity index (χ0) is 14.5. The van der Waals surface area contributed by atoms with Crippen molar-refractivity contribution in [2.45, 2.75) is 51.1 Å². The second-order valence-electron chi connectivity index (χ2n) is 5.78. The summed E-state index contributed by atoms with van der Waals surface area (Å²) in [7, 11) is 3.75. The molecule has 0 saturated heterocycles. The van der Waals surface area contributed by atoms with Crippen molar-refractivity contribution < 1.29 is 4.79 Å². The van der Waals surface area contributed by atoms with Crippen molar-refractivity contribution in [2.75, 3.05) is 13.6 Å². The Morgan fingerprint density at radius 3 is 2.70 bits per heavy atom. The van der Waals surface area contributed by atoms with E-state index in [9.17, 15) is 4.79 Å². The van der Waals surface area contributed by atoms with Crippen molar-refractivity contribution in [1.82, 2.24) is 20.0 Å². The van der Waals surface area contributed by atoms with Gasteiger partial charge in [-0.25, -0.2) is 0 Å². The molecule has 20 heavy (non-hydrogen) atoms. The summed E-state index contributed by atoms with van der Waals surface area (Å²) in [6.45, 7) is 3.29. The predicted molar refractivity (Wildman–Crippen MR) is 79.6 cm³/mol. The number of carbonyl (C=O) groups is 1. The predicted octanol–water partition coefficient (Wildman–Crippen LogP) is 1.80. The summed E-state index contributed by atoms with van der Waals surface area (Å²) in [6, 6.07) is 0.996. The first kappa shape index (κ1) is 15.0. The lowest BCUT2D eigenvalue weighted by Crippen LogP contribution is -2.43. The summed E-state index contributed by atoms with van der Waals surface area (Å²) in [5, 5.41) is 7.65. The third-order valence-corrected chi connectivity index (χ3v) is 4.20. The van der Waals surface area contributed by atoms with E-state index in [1.807, 2.05) is 19.0 Å². The Morgan fingerprint density at radius 2 is 2.15 bits per heavy atom. The maximum absolute atomic E-state index is 12.4. The molecule has 0 bridgehead atoms. The van der Waals surface area contributed by atoms with Crippen LogP contribution in [0, 0.1) is 0 Å². The number of amides is 1. The number of nitrogens with zero attached hydrogens (tertiary/aromatic N) is 3. The van der Waals surface area contributed by atoms with Gasteiger partial charge in [-0.3, -0.25) is 9.48 Å². The maximum Gasteiger partial charge on any atom is 0.257 e. The Labute approximate surface area is 121 Å². The molecule has 1 aromatic rings.